The summed E-state index contributed by atoms with van der Waals surface area (Å²) in [5.74, 6) is -0.116. The Hall–Kier alpha value is -0.420. The smallest absolute Gasteiger partial charge is 0.264 e. The Kier molecular flexibility index (Phi) is 5.08. The van der Waals surface area contributed by atoms with Crippen LogP contribution in [0.25, 0.3) is 0 Å². The molecular formula is C7H14O4S. The second kappa shape index (κ2) is 5.27. The molecule has 0 atom stereocenters. The molecule has 0 spiro atoms. The van der Waals surface area contributed by atoms with Crippen molar-refractivity contribution >= 4 is 15.9 Å². The van der Waals surface area contributed by atoms with Crippen molar-refractivity contribution in [2.75, 3.05) is 5.75 Å². The number of carbonyl (C=O) groups excluding carboxylic acids is 1. The lowest BCUT2D eigenvalue weighted by molar-refractivity contribution is -0.118. The summed E-state index contributed by atoms with van der Waals surface area (Å²) < 4.78 is 28.8. The monoisotopic (exact) mass is 194 g/mol. The van der Waals surface area contributed by atoms with E-state index in [9.17, 15) is 13.2 Å². The van der Waals surface area contributed by atoms with Crippen molar-refractivity contribution in [3.05, 3.63) is 0 Å². The van der Waals surface area contributed by atoms with E-state index in [2.05, 4.69) is 0 Å². The Morgan fingerprint density at radius 3 is 2.33 bits per heavy atom. The van der Waals surface area contributed by atoms with Crippen molar-refractivity contribution < 1.29 is 17.8 Å². The third-order valence-electron chi connectivity index (χ3n) is 1.50. The number of Topliss-reactive ketones (excluding diaryl/α,β-unsaturated/α-hetero) is 1. The minimum absolute atomic E-state index is 0.130. The second-order valence-corrected chi connectivity index (χ2v) is 4.21. The number of rotatable bonds is 6. The molecule has 0 saturated heterocycles. The molecule has 0 aromatic heterocycles. The maximum absolute atomic E-state index is 10.7. The molecule has 4 nitrogen and oxygen atoms in total. The standard InChI is InChI=1S/C7H14O4S/c1-2-7(8)5-3-4-6-12(9,10)11/h2-6H2,1H3,(H,9,10,11). The maximum Gasteiger partial charge on any atom is 0.264 e. The van der Waals surface area contributed by atoms with Gasteiger partial charge in [-0.25, -0.2) is 0 Å². The highest BCUT2D eigenvalue weighted by molar-refractivity contribution is 7.85. The molecular weight excluding hydrogens is 180 g/mol. The number of unbranched alkanes of at least 4 members (excludes halogenated alkanes) is 1. The van der Waals surface area contributed by atoms with Gasteiger partial charge >= 0.3 is 0 Å². The SMILES string of the molecule is CCC(=O)CCCCS(=O)(=O)O. The van der Waals surface area contributed by atoms with Crippen molar-refractivity contribution in [3.8, 4) is 0 Å². The van der Waals surface area contributed by atoms with E-state index in [0.29, 0.717) is 25.7 Å². The minimum atomic E-state index is -3.84. The van der Waals surface area contributed by atoms with Gasteiger partial charge in [0.1, 0.15) is 5.78 Å². The summed E-state index contributed by atoms with van der Waals surface area (Å²) in [6, 6.07) is 0. The molecule has 0 aliphatic heterocycles. The van der Waals surface area contributed by atoms with Crippen LogP contribution in [0, 0.1) is 0 Å². The lowest BCUT2D eigenvalue weighted by atomic mass is 10.1. The molecule has 0 fully saturated rings. The largest absolute Gasteiger partial charge is 0.300 e. The summed E-state index contributed by atoms with van der Waals surface area (Å²) in [6.07, 6.45) is 1.79. The molecule has 0 saturated carbocycles. The van der Waals surface area contributed by atoms with Crippen LogP contribution in [0.1, 0.15) is 32.6 Å². The third-order valence-corrected chi connectivity index (χ3v) is 2.31. The molecule has 72 valence electrons. The van der Waals surface area contributed by atoms with Crippen LogP contribution < -0.4 is 0 Å². The zero-order valence-corrected chi connectivity index (χ0v) is 7.93. The first-order chi connectivity index (χ1) is 5.45. The first-order valence-electron chi connectivity index (χ1n) is 3.92. The van der Waals surface area contributed by atoms with Crippen molar-refractivity contribution in [1.29, 1.82) is 0 Å². The summed E-state index contributed by atoms with van der Waals surface area (Å²) in [7, 11) is -3.84. The van der Waals surface area contributed by atoms with Crippen LogP contribution in [0.15, 0.2) is 0 Å². The molecule has 0 unspecified atom stereocenters. The highest BCUT2D eigenvalue weighted by Crippen LogP contribution is 2.00. The third kappa shape index (κ3) is 7.68. The number of hydrogen-bond acceptors (Lipinski definition) is 3. The average Bonchev–Trinajstić information content (AvgIpc) is 1.96. The van der Waals surface area contributed by atoms with E-state index in [4.69, 9.17) is 4.55 Å². The van der Waals surface area contributed by atoms with Gasteiger partial charge in [-0.1, -0.05) is 6.92 Å². The van der Waals surface area contributed by atoms with Crippen LogP contribution in [0.4, 0.5) is 0 Å². The molecule has 12 heavy (non-hydrogen) atoms. The minimum Gasteiger partial charge on any atom is -0.300 e. The molecule has 0 amide bonds. The second-order valence-electron chi connectivity index (χ2n) is 2.64. The van der Waals surface area contributed by atoms with Crippen LogP contribution in [-0.4, -0.2) is 24.5 Å². The molecule has 0 radical (unpaired) electrons. The topological polar surface area (TPSA) is 71.4 Å². The predicted octanol–water partition coefficient (Wildman–Crippen LogP) is 1.02. The van der Waals surface area contributed by atoms with E-state index < -0.39 is 10.1 Å². The molecule has 0 aromatic carbocycles. The molecule has 0 aliphatic carbocycles. The number of carbonyl (C=O) groups is 1. The summed E-state index contributed by atoms with van der Waals surface area (Å²) in [5, 5.41) is 0. The first kappa shape index (κ1) is 11.6. The van der Waals surface area contributed by atoms with Gasteiger partial charge in [-0.3, -0.25) is 9.35 Å². The van der Waals surface area contributed by atoms with Gasteiger partial charge < -0.3 is 0 Å². The van der Waals surface area contributed by atoms with Gasteiger partial charge in [0.2, 0.25) is 0 Å². The quantitative estimate of drug-likeness (QED) is 0.506. The van der Waals surface area contributed by atoms with E-state index in [1.165, 1.54) is 0 Å². The lowest BCUT2D eigenvalue weighted by Crippen LogP contribution is -2.04. The van der Waals surface area contributed by atoms with E-state index in [-0.39, 0.29) is 11.5 Å². The van der Waals surface area contributed by atoms with E-state index >= 15 is 0 Å². The fourth-order valence-electron chi connectivity index (χ4n) is 0.783. The van der Waals surface area contributed by atoms with Crippen LogP contribution in [0.3, 0.4) is 0 Å². The molecule has 0 heterocycles. The Morgan fingerprint density at radius 1 is 1.33 bits per heavy atom. The van der Waals surface area contributed by atoms with Crippen molar-refractivity contribution in [3.63, 3.8) is 0 Å². The zero-order chi connectivity index (χ0) is 9.61. The van der Waals surface area contributed by atoms with Gasteiger partial charge in [0.25, 0.3) is 10.1 Å². The predicted molar refractivity (Wildman–Crippen MR) is 45.6 cm³/mol. The maximum atomic E-state index is 10.7. The molecule has 1 N–H and O–H groups in total. The van der Waals surface area contributed by atoms with Crippen LogP contribution >= 0.6 is 0 Å². The van der Waals surface area contributed by atoms with Crippen LogP contribution in [-0.2, 0) is 14.9 Å². The number of ketones is 1. The zero-order valence-electron chi connectivity index (χ0n) is 7.12. The van der Waals surface area contributed by atoms with Gasteiger partial charge in [0.15, 0.2) is 0 Å². The van der Waals surface area contributed by atoms with Gasteiger partial charge in [-0.2, -0.15) is 8.42 Å². The lowest BCUT2D eigenvalue weighted by Gasteiger charge is -1.96. The summed E-state index contributed by atoms with van der Waals surface area (Å²) in [5.41, 5.74) is 0. The Morgan fingerprint density at radius 2 is 1.92 bits per heavy atom. The van der Waals surface area contributed by atoms with Gasteiger partial charge in [0, 0.05) is 12.8 Å². The Balaban J connectivity index is 3.40. The summed E-state index contributed by atoms with van der Waals surface area (Å²) >= 11 is 0. The summed E-state index contributed by atoms with van der Waals surface area (Å²) in [6.45, 7) is 1.77. The van der Waals surface area contributed by atoms with Crippen molar-refractivity contribution in [1.82, 2.24) is 0 Å². The molecule has 0 bridgehead atoms. The molecule has 5 heteroatoms. The van der Waals surface area contributed by atoms with Crippen molar-refractivity contribution in [2.45, 2.75) is 32.6 Å². The fourth-order valence-corrected chi connectivity index (χ4v) is 1.35. The number of hydrogen-bond donors (Lipinski definition) is 1. The average molecular weight is 194 g/mol. The molecule has 0 rings (SSSR count). The molecule has 0 aromatic rings. The van der Waals surface area contributed by atoms with Gasteiger partial charge in [0.05, 0.1) is 5.75 Å². The highest BCUT2D eigenvalue weighted by Gasteiger charge is 2.04. The Labute approximate surface area is 72.7 Å². The highest BCUT2D eigenvalue weighted by atomic mass is 32.2. The van der Waals surface area contributed by atoms with Gasteiger partial charge in [-0.05, 0) is 12.8 Å². The van der Waals surface area contributed by atoms with Crippen molar-refractivity contribution in [2.24, 2.45) is 0 Å². The van der Waals surface area contributed by atoms with Crippen LogP contribution in [0.5, 0.6) is 0 Å². The first-order valence-corrected chi connectivity index (χ1v) is 5.53. The van der Waals surface area contributed by atoms with E-state index in [1.807, 2.05) is 0 Å². The molecule has 0 aliphatic rings. The van der Waals surface area contributed by atoms with E-state index in [1.54, 1.807) is 6.92 Å². The Bertz CT molecular complexity index is 230. The summed E-state index contributed by atoms with van der Waals surface area (Å²) in [4.78, 5) is 10.7. The van der Waals surface area contributed by atoms with Gasteiger partial charge in [-0.15, -0.1) is 0 Å². The van der Waals surface area contributed by atoms with Crippen LogP contribution in [0.2, 0.25) is 0 Å². The fraction of sp³-hybridized carbons (Fsp3) is 0.857. The van der Waals surface area contributed by atoms with E-state index in [0.717, 1.165) is 0 Å². The normalized spacial score (nSPS) is 11.5.